The van der Waals surface area contributed by atoms with Crippen LogP contribution in [0.1, 0.15) is 38.8 Å². The molecule has 0 heterocycles. The van der Waals surface area contributed by atoms with Crippen LogP contribution in [0, 0.1) is 5.92 Å². The van der Waals surface area contributed by atoms with Gasteiger partial charge in [0.2, 0.25) is 5.91 Å². The molecule has 3 nitrogen and oxygen atoms in total. The molecular formula is C14H22N2O. The molecule has 0 fully saturated rings. The number of benzene rings is 1. The lowest BCUT2D eigenvalue weighted by Crippen LogP contribution is -2.42. The monoisotopic (exact) mass is 234 g/mol. The number of nitrogens with two attached hydrogens (primary N) is 1. The van der Waals surface area contributed by atoms with Crippen molar-refractivity contribution in [1.82, 2.24) is 5.32 Å². The molecule has 1 rings (SSSR count). The summed E-state index contributed by atoms with van der Waals surface area (Å²) in [7, 11) is 0. The van der Waals surface area contributed by atoms with Crippen LogP contribution in [0.25, 0.3) is 0 Å². The van der Waals surface area contributed by atoms with E-state index in [1.807, 2.05) is 37.3 Å². The van der Waals surface area contributed by atoms with E-state index < -0.39 is 6.04 Å². The Hall–Kier alpha value is -1.35. The Labute approximate surface area is 103 Å². The zero-order chi connectivity index (χ0) is 12.8. The van der Waals surface area contributed by atoms with Gasteiger partial charge in [-0.3, -0.25) is 4.79 Å². The van der Waals surface area contributed by atoms with Crippen LogP contribution in [-0.4, -0.2) is 11.9 Å². The first-order valence-corrected chi connectivity index (χ1v) is 6.11. The van der Waals surface area contributed by atoms with Crippen molar-refractivity contribution in [3.8, 4) is 0 Å². The Morgan fingerprint density at radius 3 is 2.35 bits per heavy atom. The molecule has 0 aliphatic carbocycles. The summed E-state index contributed by atoms with van der Waals surface area (Å²) in [5.74, 6) is 0.359. The molecule has 2 atom stereocenters. The van der Waals surface area contributed by atoms with Gasteiger partial charge >= 0.3 is 0 Å². The van der Waals surface area contributed by atoms with E-state index in [0.717, 1.165) is 5.56 Å². The standard InChI is InChI=1S/C14H22N2O/c1-10(2)9-13(15)14(17)16-11(3)12-7-5-4-6-8-12/h4-8,10-11,13H,9,15H2,1-3H3,(H,16,17)/t11-,13-/m1/s1. The molecule has 3 heteroatoms. The van der Waals surface area contributed by atoms with Crippen molar-refractivity contribution >= 4 is 5.91 Å². The number of carbonyl (C=O) groups excluding carboxylic acids is 1. The number of hydrogen-bond donors (Lipinski definition) is 2. The molecule has 0 saturated carbocycles. The fraction of sp³-hybridized carbons (Fsp3) is 0.500. The molecule has 0 aromatic heterocycles. The fourth-order valence-electron chi connectivity index (χ4n) is 1.76. The molecule has 0 radical (unpaired) electrons. The van der Waals surface area contributed by atoms with Gasteiger partial charge in [-0.2, -0.15) is 0 Å². The van der Waals surface area contributed by atoms with Crippen molar-refractivity contribution in [1.29, 1.82) is 0 Å². The normalized spacial score (nSPS) is 14.4. The van der Waals surface area contributed by atoms with Gasteiger partial charge in [0.1, 0.15) is 0 Å². The van der Waals surface area contributed by atoms with Gasteiger partial charge in [0.05, 0.1) is 12.1 Å². The zero-order valence-corrected chi connectivity index (χ0v) is 10.8. The summed E-state index contributed by atoms with van der Waals surface area (Å²) in [6.07, 6.45) is 0.716. The Balaban J connectivity index is 2.51. The van der Waals surface area contributed by atoms with Crippen LogP contribution < -0.4 is 11.1 Å². The van der Waals surface area contributed by atoms with Crippen LogP contribution in [0.3, 0.4) is 0 Å². The molecule has 94 valence electrons. The Bertz CT molecular complexity index is 348. The lowest BCUT2D eigenvalue weighted by atomic mass is 10.0. The van der Waals surface area contributed by atoms with E-state index in [4.69, 9.17) is 5.73 Å². The zero-order valence-electron chi connectivity index (χ0n) is 10.8. The molecule has 0 aliphatic heterocycles. The van der Waals surface area contributed by atoms with Crippen molar-refractivity contribution in [2.75, 3.05) is 0 Å². The summed E-state index contributed by atoms with van der Waals surface area (Å²) < 4.78 is 0. The first-order valence-electron chi connectivity index (χ1n) is 6.11. The molecule has 1 amide bonds. The minimum Gasteiger partial charge on any atom is -0.348 e. The predicted molar refractivity (Wildman–Crippen MR) is 70.4 cm³/mol. The largest absolute Gasteiger partial charge is 0.348 e. The van der Waals surface area contributed by atoms with Crippen molar-refractivity contribution in [3.63, 3.8) is 0 Å². The van der Waals surface area contributed by atoms with E-state index in [2.05, 4.69) is 19.2 Å². The van der Waals surface area contributed by atoms with Crippen LogP contribution in [-0.2, 0) is 4.79 Å². The van der Waals surface area contributed by atoms with Gasteiger partial charge in [-0.15, -0.1) is 0 Å². The van der Waals surface area contributed by atoms with E-state index >= 15 is 0 Å². The Morgan fingerprint density at radius 1 is 1.24 bits per heavy atom. The highest BCUT2D eigenvalue weighted by atomic mass is 16.2. The van der Waals surface area contributed by atoms with E-state index in [1.54, 1.807) is 0 Å². The highest BCUT2D eigenvalue weighted by Crippen LogP contribution is 2.12. The first kappa shape index (κ1) is 13.7. The minimum atomic E-state index is -0.416. The van der Waals surface area contributed by atoms with E-state index in [1.165, 1.54) is 0 Å². The molecule has 1 aromatic rings. The van der Waals surface area contributed by atoms with Crippen molar-refractivity contribution in [2.24, 2.45) is 11.7 Å². The van der Waals surface area contributed by atoms with Crippen LogP contribution in [0.15, 0.2) is 30.3 Å². The third kappa shape index (κ3) is 4.57. The third-order valence-corrected chi connectivity index (χ3v) is 2.72. The summed E-state index contributed by atoms with van der Waals surface area (Å²) >= 11 is 0. The quantitative estimate of drug-likeness (QED) is 0.821. The van der Waals surface area contributed by atoms with Crippen molar-refractivity contribution in [3.05, 3.63) is 35.9 Å². The highest BCUT2D eigenvalue weighted by Gasteiger charge is 2.17. The average molecular weight is 234 g/mol. The molecule has 17 heavy (non-hydrogen) atoms. The first-order chi connectivity index (χ1) is 8.00. The van der Waals surface area contributed by atoms with Crippen molar-refractivity contribution in [2.45, 2.75) is 39.3 Å². The maximum absolute atomic E-state index is 11.8. The number of hydrogen-bond acceptors (Lipinski definition) is 2. The summed E-state index contributed by atoms with van der Waals surface area (Å²) in [5, 5.41) is 2.94. The topological polar surface area (TPSA) is 55.1 Å². The second kappa shape index (κ2) is 6.40. The van der Waals surface area contributed by atoms with Gasteiger partial charge in [-0.05, 0) is 24.8 Å². The van der Waals surface area contributed by atoms with Gasteiger partial charge in [0.15, 0.2) is 0 Å². The van der Waals surface area contributed by atoms with Gasteiger partial charge in [-0.25, -0.2) is 0 Å². The van der Waals surface area contributed by atoms with E-state index in [-0.39, 0.29) is 11.9 Å². The van der Waals surface area contributed by atoms with E-state index in [9.17, 15) is 4.79 Å². The lowest BCUT2D eigenvalue weighted by molar-refractivity contribution is -0.123. The SMILES string of the molecule is CC(C)C[C@@H](N)C(=O)N[C@H](C)c1ccccc1. The van der Waals surface area contributed by atoms with Gasteiger partial charge in [0.25, 0.3) is 0 Å². The summed E-state index contributed by atoms with van der Waals surface area (Å²) in [6, 6.07) is 9.47. The molecule has 0 spiro atoms. The second-order valence-electron chi connectivity index (χ2n) is 4.88. The average Bonchev–Trinajstić information content (AvgIpc) is 2.29. The molecule has 0 saturated heterocycles. The molecular weight excluding hydrogens is 212 g/mol. The van der Waals surface area contributed by atoms with Crippen molar-refractivity contribution < 1.29 is 4.79 Å². The molecule has 0 aliphatic rings. The summed E-state index contributed by atoms with van der Waals surface area (Å²) in [5.41, 5.74) is 6.93. The molecule has 3 N–H and O–H groups in total. The lowest BCUT2D eigenvalue weighted by Gasteiger charge is -2.18. The minimum absolute atomic E-state index is 0.00177. The van der Waals surface area contributed by atoms with E-state index in [0.29, 0.717) is 12.3 Å². The third-order valence-electron chi connectivity index (χ3n) is 2.72. The fourth-order valence-corrected chi connectivity index (χ4v) is 1.76. The number of rotatable bonds is 5. The van der Waals surface area contributed by atoms with Crippen LogP contribution >= 0.6 is 0 Å². The maximum Gasteiger partial charge on any atom is 0.237 e. The van der Waals surface area contributed by atoms with Gasteiger partial charge in [-0.1, -0.05) is 44.2 Å². The molecule has 0 bridgehead atoms. The van der Waals surface area contributed by atoms with Gasteiger partial charge < -0.3 is 11.1 Å². The predicted octanol–water partition coefficient (Wildman–Crippen LogP) is 2.24. The number of nitrogens with one attached hydrogen (secondary N) is 1. The van der Waals surface area contributed by atoms with Crippen LogP contribution in [0.2, 0.25) is 0 Å². The second-order valence-corrected chi connectivity index (χ2v) is 4.88. The summed E-state index contributed by atoms with van der Waals surface area (Å²) in [6.45, 7) is 6.09. The number of carbonyl (C=O) groups is 1. The molecule has 0 unspecified atom stereocenters. The Kier molecular flexibility index (Phi) is 5.16. The van der Waals surface area contributed by atoms with Crippen LogP contribution in [0.4, 0.5) is 0 Å². The van der Waals surface area contributed by atoms with Gasteiger partial charge in [0, 0.05) is 0 Å². The van der Waals surface area contributed by atoms with Crippen LogP contribution in [0.5, 0.6) is 0 Å². The maximum atomic E-state index is 11.8. The molecule has 1 aromatic carbocycles. The summed E-state index contributed by atoms with van der Waals surface area (Å²) in [4.78, 5) is 11.8. The Morgan fingerprint density at radius 2 is 1.82 bits per heavy atom. The highest BCUT2D eigenvalue weighted by molar-refractivity contribution is 5.81. The number of amides is 1. The smallest absolute Gasteiger partial charge is 0.237 e.